The molecule has 94 valence electrons. The molecule has 0 aromatic carbocycles. The summed E-state index contributed by atoms with van der Waals surface area (Å²) >= 11 is 0. The summed E-state index contributed by atoms with van der Waals surface area (Å²) in [6, 6.07) is 3.08. The minimum atomic E-state index is -4.54. The number of hydrogen-bond donors (Lipinski definition) is 1. The lowest BCUT2D eigenvalue weighted by atomic mass is 10.2. The van der Waals surface area contributed by atoms with Gasteiger partial charge >= 0.3 is 6.18 Å². The second kappa shape index (κ2) is 5.18. The molecule has 0 fully saturated rings. The molecule has 1 N–H and O–H groups in total. The fourth-order valence-corrected chi connectivity index (χ4v) is 1.46. The molecule has 0 atom stereocenters. The van der Waals surface area contributed by atoms with Crippen molar-refractivity contribution in [1.29, 1.82) is 0 Å². The summed E-state index contributed by atoms with van der Waals surface area (Å²) in [5, 5.41) is 2.77. The average Bonchev–Trinajstić information content (AvgIpc) is 2.19. The topological polar surface area (TPSA) is 34.0 Å². The number of hydrogen-bond acceptors (Lipinski definition) is 2. The van der Waals surface area contributed by atoms with Gasteiger partial charge in [0.1, 0.15) is 5.69 Å². The average molecular weight is 246 g/mol. The van der Waals surface area contributed by atoms with E-state index in [1.54, 1.807) is 7.05 Å². The van der Waals surface area contributed by atoms with Crippen LogP contribution in [0.15, 0.2) is 35.1 Å². The maximum atomic E-state index is 12.7. The van der Waals surface area contributed by atoms with Crippen LogP contribution in [0.5, 0.6) is 0 Å². The van der Waals surface area contributed by atoms with Gasteiger partial charge in [0, 0.05) is 19.2 Å². The molecule has 0 aliphatic carbocycles. The van der Waals surface area contributed by atoms with E-state index in [4.69, 9.17) is 0 Å². The van der Waals surface area contributed by atoms with Crippen molar-refractivity contribution >= 4 is 0 Å². The van der Waals surface area contributed by atoms with Crippen LogP contribution >= 0.6 is 0 Å². The number of alkyl halides is 3. The first-order valence-electron chi connectivity index (χ1n) is 4.94. The van der Waals surface area contributed by atoms with Gasteiger partial charge in [0.15, 0.2) is 0 Å². The van der Waals surface area contributed by atoms with Crippen molar-refractivity contribution in [2.24, 2.45) is 0 Å². The van der Waals surface area contributed by atoms with Crippen LogP contribution in [-0.2, 0) is 12.7 Å². The van der Waals surface area contributed by atoms with Crippen LogP contribution in [0.3, 0.4) is 0 Å². The smallest absolute Gasteiger partial charge is 0.316 e. The highest BCUT2D eigenvalue weighted by Crippen LogP contribution is 2.28. The van der Waals surface area contributed by atoms with E-state index >= 15 is 0 Å². The highest BCUT2D eigenvalue weighted by atomic mass is 19.4. The Bertz CT molecular complexity index is 463. The Kier molecular flexibility index (Phi) is 4.11. The molecular formula is C11H13F3N2O. The summed E-state index contributed by atoms with van der Waals surface area (Å²) in [4.78, 5) is 11.4. The third kappa shape index (κ3) is 3.45. The second-order valence-corrected chi connectivity index (χ2v) is 3.61. The molecule has 0 radical (unpaired) electrons. The summed E-state index contributed by atoms with van der Waals surface area (Å²) in [7, 11) is 1.66. The highest BCUT2D eigenvalue weighted by molar-refractivity contribution is 5.12. The molecule has 1 aromatic rings. The quantitative estimate of drug-likeness (QED) is 0.819. The van der Waals surface area contributed by atoms with Crippen molar-refractivity contribution in [3.63, 3.8) is 0 Å². The van der Waals surface area contributed by atoms with Crippen molar-refractivity contribution < 1.29 is 13.2 Å². The summed E-state index contributed by atoms with van der Waals surface area (Å²) in [6.07, 6.45) is -4.54. The zero-order chi connectivity index (χ0) is 13.1. The molecule has 0 aliphatic rings. The van der Waals surface area contributed by atoms with E-state index in [0.717, 1.165) is 18.2 Å². The molecule has 1 aromatic heterocycles. The fraction of sp³-hybridized carbons (Fsp3) is 0.364. The first-order chi connectivity index (χ1) is 7.86. The number of pyridine rings is 1. The van der Waals surface area contributed by atoms with E-state index in [0.29, 0.717) is 16.7 Å². The van der Waals surface area contributed by atoms with Crippen molar-refractivity contribution in [2.45, 2.75) is 12.7 Å². The van der Waals surface area contributed by atoms with Crippen LogP contribution in [0, 0.1) is 0 Å². The van der Waals surface area contributed by atoms with Gasteiger partial charge in [-0.15, -0.1) is 0 Å². The lowest BCUT2D eigenvalue weighted by Gasteiger charge is -2.15. The molecule has 3 nitrogen and oxygen atoms in total. The van der Waals surface area contributed by atoms with E-state index in [1.165, 1.54) is 0 Å². The van der Waals surface area contributed by atoms with Crippen molar-refractivity contribution in [1.82, 2.24) is 9.88 Å². The van der Waals surface area contributed by atoms with Gasteiger partial charge in [-0.3, -0.25) is 4.79 Å². The summed E-state index contributed by atoms with van der Waals surface area (Å²) < 4.78 is 38.7. The molecule has 6 heteroatoms. The summed E-state index contributed by atoms with van der Waals surface area (Å²) in [5.41, 5.74) is -1.13. The molecule has 1 rings (SSSR count). The minimum Gasteiger partial charge on any atom is -0.316 e. The van der Waals surface area contributed by atoms with Gasteiger partial charge in [0.25, 0.3) is 5.56 Å². The predicted molar refractivity (Wildman–Crippen MR) is 58.8 cm³/mol. The lowest BCUT2D eigenvalue weighted by Crippen LogP contribution is -2.29. The van der Waals surface area contributed by atoms with Gasteiger partial charge in [-0.2, -0.15) is 13.2 Å². The Morgan fingerprint density at radius 3 is 2.65 bits per heavy atom. The van der Waals surface area contributed by atoms with E-state index in [-0.39, 0.29) is 6.54 Å². The Balaban J connectivity index is 3.13. The molecule has 0 bridgehead atoms. The Morgan fingerprint density at radius 2 is 2.12 bits per heavy atom. The van der Waals surface area contributed by atoms with Crippen LogP contribution in [-0.4, -0.2) is 18.2 Å². The first-order valence-corrected chi connectivity index (χ1v) is 4.94. The SMILES string of the molecule is C=C(CNC)Cn1c(C(F)(F)F)cccc1=O. The molecule has 17 heavy (non-hydrogen) atoms. The highest BCUT2D eigenvalue weighted by Gasteiger charge is 2.34. The molecule has 1 heterocycles. The van der Waals surface area contributed by atoms with Crippen LogP contribution in [0.25, 0.3) is 0 Å². The van der Waals surface area contributed by atoms with E-state index in [1.807, 2.05) is 0 Å². The second-order valence-electron chi connectivity index (χ2n) is 3.61. The van der Waals surface area contributed by atoms with Crippen LogP contribution in [0.2, 0.25) is 0 Å². The Morgan fingerprint density at radius 1 is 1.47 bits per heavy atom. The normalized spacial score (nSPS) is 11.5. The summed E-state index contributed by atoms with van der Waals surface area (Å²) in [5.74, 6) is 0. The van der Waals surface area contributed by atoms with E-state index in [2.05, 4.69) is 11.9 Å². The van der Waals surface area contributed by atoms with E-state index in [9.17, 15) is 18.0 Å². The third-order valence-corrected chi connectivity index (χ3v) is 2.15. The van der Waals surface area contributed by atoms with Crippen LogP contribution in [0.1, 0.15) is 5.69 Å². The minimum absolute atomic E-state index is 0.143. The van der Waals surface area contributed by atoms with Gasteiger partial charge in [-0.1, -0.05) is 12.6 Å². The number of nitrogens with one attached hydrogen (secondary N) is 1. The molecular weight excluding hydrogens is 233 g/mol. The zero-order valence-electron chi connectivity index (χ0n) is 9.34. The zero-order valence-corrected chi connectivity index (χ0v) is 9.34. The molecule has 0 aliphatic heterocycles. The first kappa shape index (κ1) is 13.5. The fourth-order valence-electron chi connectivity index (χ4n) is 1.46. The maximum Gasteiger partial charge on any atom is 0.431 e. The maximum absolute atomic E-state index is 12.7. The van der Waals surface area contributed by atoms with Crippen molar-refractivity contribution in [3.05, 3.63) is 46.4 Å². The number of rotatable bonds is 4. The number of nitrogens with zero attached hydrogens (tertiary/aromatic N) is 1. The molecule has 0 saturated heterocycles. The Hall–Kier alpha value is -1.56. The monoisotopic (exact) mass is 246 g/mol. The van der Waals surface area contributed by atoms with Gasteiger partial charge in [-0.25, -0.2) is 0 Å². The number of likely N-dealkylation sites (N-methyl/N-ethyl adjacent to an activating group) is 1. The Labute approximate surface area is 96.6 Å². The standard InChI is InChI=1S/C11H13F3N2O/c1-8(6-15-2)7-16-9(11(12,13)14)4-3-5-10(16)17/h3-5,15H,1,6-7H2,2H3. The molecule has 0 unspecified atom stereocenters. The van der Waals surface area contributed by atoms with Gasteiger partial charge < -0.3 is 9.88 Å². The van der Waals surface area contributed by atoms with Gasteiger partial charge in [0.2, 0.25) is 0 Å². The van der Waals surface area contributed by atoms with Gasteiger partial charge in [-0.05, 0) is 18.7 Å². The molecule has 0 spiro atoms. The number of aromatic nitrogens is 1. The summed E-state index contributed by atoms with van der Waals surface area (Å²) in [6.45, 7) is 3.83. The van der Waals surface area contributed by atoms with Crippen LogP contribution in [0.4, 0.5) is 13.2 Å². The van der Waals surface area contributed by atoms with Crippen molar-refractivity contribution in [2.75, 3.05) is 13.6 Å². The van der Waals surface area contributed by atoms with Gasteiger partial charge in [0.05, 0.1) is 0 Å². The van der Waals surface area contributed by atoms with E-state index < -0.39 is 17.4 Å². The predicted octanol–water partition coefficient (Wildman–Crippen LogP) is 1.64. The lowest BCUT2D eigenvalue weighted by molar-refractivity contribution is -0.144. The number of halogens is 3. The molecule has 0 saturated carbocycles. The molecule has 0 amide bonds. The largest absolute Gasteiger partial charge is 0.431 e. The van der Waals surface area contributed by atoms with Crippen molar-refractivity contribution in [3.8, 4) is 0 Å². The third-order valence-electron chi connectivity index (χ3n) is 2.15. The van der Waals surface area contributed by atoms with Crippen LogP contribution < -0.4 is 10.9 Å².